The van der Waals surface area contributed by atoms with Gasteiger partial charge in [-0.2, -0.15) is 0 Å². The summed E-state index contributed by atoms with van der Waals surface area (Å²) in [5, 5.41) is -0.330. The summed E-state index contributed by atoms with van der Waals surface area (Å²) in [7, 11) is -3.02. The number of hydrogen-bond donors (Lipinski definition) is 0. The van der Waals surface area contributed by atoms with E-state index in [-0.39, 0.29) is 17.0 Å². The van der Waals surface area contributed by atoms with Gasteiger partial charge in [0.1, 0.15) is 15.6 Å². The lowest BCUT2D eigenvalue weighted by Gasteiger charge is -2.27. The molecule has 4 heteroatoms. The molecule has 1 aliphatic carbocycles. The first-order valence-electron chi connectivity index (χ1n) is 7.13. The van der Waals surface area contributed by atoms with Crippen molar-refractivity contribution in [1.82, 2.24) is 0 Å². The molecule has 1 fully saturated rings. The number of hydrogen-bond acceptors (Lipinski definition) is 3. The van der Waals surface area contributed by atoms with Gasteiger partial charge in [-0.25, -0.2) is 8.42 Å². The molecule has 1 aromatic rings. The fraction of sp³-hybridized carbons (Fsp3) is 0.562. The van der Waals surface area contributed by atoms with Gasteiger partial charge in [0.25, 0.3) is 0 Å². The molecule has 0 N–H and O–H groups in total. The molecule has 20 heavy (non-hydrogen) atoms. The van der Waals surface area contributed by atoms with Gasteiger partial charge in [0.05, 0.1) is 5.25 Å². The van der Waals surface area contributed by atoms with Crippen LogP contribution < -0.4 is 0 Å². The molecule has 110 valence electrons. The molecule has 0 heterocycles. The monoisotopic (exact) mass is 294 g/mol. The molecule has 1 saturated carbocycles. The van der Waals surface area contributed by atoms with Crippen molar-refractivity contribution in [3.63, 3.8) is 0 Å². The van der Waals surface area contributed by atoms with E-state index in [1.807, 2.05) is 31.2 Å². The maximum atomic E-state index is 12.3. The van der Waals surface area contributed by atoms with Crippen LogP contribution in [0, 0.1) is 12.8 Å². The van der Waals surface area contributed by atoms with Gasteiger partial charge in [-0.1, -0.05) is 36.2 Å². The Balaban J connectivity index is 2.00. The number of carbonyl (C=O) groups is 1. The molecular formula is C16H22O3S. The third-order valence-corrected chi connectivity index (χ3v) is 5.83. The molecule has 2 rings (SSSR count). The van der Waals surface area contributed by atoms with Crippen LogP contribution in [0.15, 0.2) is 24.3 Å². The van der Waals surface area contributed by atoms with Crippen LogP contribution in [0.2, 0.25) is 0 Å². The molecule has 0 radical (unpaired) electrons. The van der Waals surface area contributed by atoms with Crippen molar-refractivity contribution in [2.45, 2.75) is 44.3 Å². The highest BCUT2D eigenvalue weighted by Crippen LogP contribution is 2.29. The van der Waals surface area contributed by atoms with E-state index in [9.17, 15) is 13.2 Å². The van der Waals surface area contributed by atoms with Crippen LogP contribution in [-0.4, -0.2) is 25.7 Å². The number of carbonyl (C=O) groups excluding carboxylic acids is 1. The van der Waals surface area contributed by atoms with E-state index in [4.69, 9.17) is 0 Å². The topological polar surface area (TPSA) is 51.2 Å². The Bertz CT molecular complexity index is 572. The van der Waals surface area contributed by atoms with E-state index in [0.29, 0.717) is 19.3 Å². The molecular weight excluding hydrogens is 272 g/mol. The molecule has 0 aromatic heterocycles. The van der Waals surface area contributed by atoms with Crippen LogP contribution in [0.4, 0.5) is 0 Å². The maximum absolute atomic E-state index is 12.3. The van der Waals surface area contributed by atoms with E-state index < -0.39 is 9.84 Å². The minimum absolute atomic E-state index is 0.0928. The van der Waals surface area contributed by atoms with Crippen LogP contribution in [0.1, 0.15) is 36.8 Å². The standard InChI is InChI=1S/C16H22O3S/c1-12-6-8-13(9-7-12)10-16(17)14-4-3-5-15(11-14)20(2,18)19/h6-9,14-15H,3-5,10-11H2,1-2H3. The van der Waals surface area contributed by atoms with Crippen LogP contribution in [0.3, 0.4) is 0 Å². The molecule has 1 aromatic carbocycles. The van der Waals surface area contributed by atoms with Crippen molar-refractivity contribution in [2.75, 3.05) is 6.26 Å². The second-order valence-corrected chi connectivity index (χ2v) is 8.27. The summed E-state index contributed by atoms with van der Waals surface area (Å²) in [5.41, 5.74) is 2.19. The Morgan fingerprint density at radius 1 is 1.20 bits per heavy atom. The third kappa shape index (κ3) is 3.92. The van der Waals surface area contributed by atoms with Crippen molar-refractivity contribution in [2.24, 2.45) is 5.92 Å². The van der Waals surface area contributed by atoms with Crippen LogP contribution in [0.5, 0.6) is 0 Å². The number of ketones is 1. The fourth-order valence-corrected chi connectivity index (χ4v) is 4.05. The van der Waals surface area contributed by atoms with E-state index in [1.165, 1.54) is 11.8 Å². The van der Waals surface area contributed by atoms with Crippen molar-refractivity contribution in [3.8, 4) is 0 Å². The summed E-state index contributed by atoms with van der Waals surface area (Å²) in [6, 6.07) is 7.96. The predicted octanol–water partition coefficient (Wildman–Crippen LogP) is 2.71. The average Bonchev–Trinajstić information content (AvgIpc) is 2.40. The van der Waals surface area contributed by atoms with Crippen molar-refractivity contribution in [3.05, 3.63) is 35.4 Å². The van der Waals surface area contributed by atoms with Gasteiger partial charge in [0.15, 0.2) is 0 Å². The first-order chi connectivity index (χ1) is 9.36. The Morgan fingerprint density at radius 2 is 1.85 bits per heavy atom. The Morgan fingerprint density at radius 3 is 2.45 bits per heavy atom. The highest BCUT2D eigenvalue weighted by Gasteiger charge is 2.32. The lowest BCUT2D eigenvalue weighted by molar-refractivity contribution is -0.123. The van der Waals surface area contributed by atoms with E-state index in [1.54, 1.807) is 0 Å². The Kier molecular flexibility index (Phi) is 4.63. The smallest absolute Gasteiger partial charge is 0.150 e. The number of sulfone groups is 1. The van der Waals surface area contributed by atoms with Gasteiger partial charge in [-0.3, -0.25) is 4.79 Å². The molecule has 0 spiro atoms. The molecule has 0 aliphatic heterocycles. The third-order valence-electron chi connectivity index (χ3n) is 4.19. The SMILES string of the molecule is Cc1ccc(CC(=O)C2CCCC(S(C)(=O)=O)C2)cc1. The first-order valence-corrected chi connectivity index (χ1v) is 9.09. The number of benzene rings is 1. The molecule has 2 atom stereocenters. The summed E-state index contributed by atoms with van der Waals surface area (Å²) < 4.78 is 23.3. The van der Waals surface area contributed by atoms with Crippen molar-refractivity contribution >= 4 is 15.6 Å². The lowest BCUT2D eigenvalue weighted by atomic mass is 9.84. The minimum Gasteiger partial charge on any atom is -0.299 e. The van der Waals surface area contributed by atoms with E-state index in [0.717, 1.165) is 18.4 Å². The summed E-state index contributed by atoms with van der Waals surface area (Å²) in [5.74, 6) is 0.0898. The zero-order chi connectivity index (χ0) is 14.8. The molecule has 0 bridgehead atoms. The second-order valence-electron chi connectivity index (χ2n) is 5.94. The Hall–Kier alpha value is -1.16. The summed E-state index contributed by atoms with van der Waals surface area (Å²) in [4.78, 5) is 12.3. The lowest BCUT2D eigenvalue weighted by Crippen LogP contribution is -2.31. The average molecular weight is 294 g/mol. The highest BCUT2D eigenvalue weighted by molar-refractivity contribution is 7.91. The van der Waals surface area contributed by atoms with Crippen LogP contribution in [0.25, 0.3) is 0 Å². The molecule has 0 saturated heterocycles. The molecule has 0 amide bonds. The Labute approximate surface area is 121 Å². The van der Waals surface area contributed by atoms with Crippen LogP contribution >= 0.6 is 0 Å². The molecule has 2 unspecified atom stereocenters. The van der Waals surface area contributed by atoms with Gasteiger partial charge in [-0.15, -0.1) is 0 Å². The van der Waals surface area contributed by atoms with E-state index in [2.05, 4.69) is 0 Å². The number of Topliss-reactive ketones (excluding diaryl/α,β-unsaturated/α-hetero) is 1. The van der Waals surface area contributed by atoms with Gasteiger partial charge >= 0.3 is 0 Å². The number of rotatable bonds is 4. The summed E-state index contributed by atoms with van der Waals surface area (Å²) in [6.07, 6.45) is 4.57. The van der Waals surface area contributed by atoms with Crippen molar-refractivity contribution in [1.29, 1.82) is 0 Å². The minimum atomic E-state index is -3.02. The van der Waals surface area contributed by atoms with Gasteiger partial charge < -0.3 is 0 Å². The normalized spacial score (nSPS) is 23.5. The fourth-order valence-electron chi connectivity index (χ4n) is 2.88. The maximum Gasteiger partial charge on any atom is 0.150 e. The second kappa shape index (κ2) is 6.08. The predicted molar refractivity (Wildman–Crippen MR) is 80.5 cm³/mol. The largest absolute Gasteiger partial charge is 0.299 e. The summed E-state index contributed by atoms with van der Waals surface area (Å²) in [6.45, 7) is 2.02. The van der Waals surface area contributed by atoms with Gasteiger partial charge in [0, 0.05) is 18.6 Å². The molecule has 3 nitrogen and oxygen atoms in total. The molecule has 1 aliphatic rings. The first kappa shape index (κ1) is 15.2. The van der Waals surface area contributed by atoms with Gasteiger partial charge in [0.2, 0.25) is 0 Å². The zero-order valence-electron chi connectivity index (χ0n) is 12.1. The van der Waals surface area contributed by atoms with Gasteiger partial charge in [-0.05, 0) is 31.7 Å². The van der Waals surface area contributed by atoms with E-state index >= 15 is 0 Å². The summed E-state index contributed by atoms with van der Waals surface area (Å²) >= 11 is 0. The quantitative estimate of drug-likeness (QED) is 0.858. The van der Waals surface area contributed by atoms with Crippen LogP contribution in [-0.2, 0) is 21.1 Å². The van der Waals surface area contributed by atoms with Crippen molar-refractivity contribution < 1.29 is 13.2 Å². The number of aryl methyl sites for hydroxylation is 1. The zero-order valence-corrected chi connectivity index (χ0v) is 12.9. The highest BCUT2D eigenvalue weighted by atomic mass is 32.2.